The quantitative estimate of drug-likeness (QED) is 0.101. The molecule has 0 saturated heterocycles. The number of hydrogen-bond acceptors (Lipinski definition) is 6. The standard InChI is InChI=1S/C25H40Cl2N4O3/c1-19(32)18-34-21(33)16-14-12-10-8-6-4-3-5-7-9-11-13-15-17-31-20(2)28-24-22(31)23(26)29-25(27)30-24/h19,32H,3-18H2,1-2H3. The van der Waals surface area contributed by atoms with Crippen molar-refractivity contribution in [1.82, 2.24) is 19.5 Å². The summed E-state index contributed by atoms with van der Waals surface area (Å²) in [6.07, 6.45) is 15.6. The predicted molar refractivity (Wildman–Crippen MR) is 137 cm³/mol. The summed E-state index contributed by atoms with van der Waals surface area (Å²) in [5, 5.41) is 9.59. The number of ether oxygens (including phenoxy) is 1. The lowest BCUT2D eigenvalue weighted by Gasteiger charge is -2.07. The SMILES string of the molecule is Cc1nc2nc(Cl)nc(Cl)c2n1CCCCCCCCCCCCCCCC(=O)OCC(C)O. The van der Waals surface area contributed by atoms with Gasteiger partial charge in [0.1, 0.15) is 17.9 Å². The summed E-state index contributed by atoms with van der Waals surface area (Å²) < 4.78 is 7.05. The van der Waals surface area contributed by atoms with Gasteiger partial charge in [-0.3, -0.25) is 4.79 Å². The van der Waals surface area contributed by atoms with Crippen molar-refractivity contribution >= 4 is 40.3 Å². The Morgan fingerprint density at radius 3 is 1.97 bits per heavy atom. The Morgan fingerprint density at radius 2 is 1.41 bits per heavy atom. The zero-order valence-electron chi connectivity index (χ0n) is 20.7. The van der Waals surface area contributed by atoms with Crippen molar-refractivity contribution in [2.24, 2.45) is 0 Å². The molecule has 2 rings (SSSR count). The average molecular weight is 516 g/mol. The van der Waals surface area contributed by atoms with Gasteiger partial charge in [0.2, 0.25) is 5.28 Å². The maximum absolute atomic E-state index is 11.5. The number of nitrogens with zero attached hydrogens (tertiary/aromatic N) is 4. The van der Waals surface area contributed by atoms with Gasteiger partial charge in [-0.1, -0.05) is 82.2 Å². The van der Waals surface area contributed by atoms with Crippen LogP contribution in [0.5, 0.6) is 0 Å². The van der Waals surface area contributed by atoms with E-state index in [1.165, 1.54) is 64.2 Å². The smallest absolute Gasteiger partial charge is 0.305 e. The fourth-order valence-electron chi connectivity index (χ4n) is 4.12. The van der Waals surface area contributed by atoms with Crippen LogP contribution in [0, 0.1) is 6.92 Å². The Bertz CT molecular complexity index is 873. The molecule has 192 valence electrons. The molecule has 2 heterocycles. The molecule has 0 bridgehead atoms. The molecule has 9 heteroatoms. The highest BCUT2D eigenvalue weighted by Gasteiger charge is 2.14. The van der Waals surface area contributed by atoms with Crippen molar-refractivity contribution in [3.63, 3.8) is 0 Å². The molecule has 0 spiro atoms. The lowest BCUT2D eigenvalue weighted by molar-refractivity contribution is -0.146. The van der Waals surface area contributed by atoms with E-state index in [4.69, 9.17) is 33.0 Å². The van der Waals surface area contributed by atoms with Gasteiger partial charge in [0.15, 0.2) is 10.8 Å². The van der Waals surface area contributed by atoms with E-state index in [1.807, 2.05) is 6.92 Å². The number of halogens is 2. The first-order valence-electron chi connectivity index (χ1n) is 12.8. The van der Waals surface area contributed by atoms with Crippen molar-refractivity contribution in [3.05, 3.63) is 16.3 Å². The topological polar surface area (TPSA) is 90.1 Å². The summed E-state index contributed by atoms with van der Waals surface area (Å²) in [5.74, 6) is 0.694. The second-order valence-corrected chi connectivity index (χ2v) is 9.84. The van der Waals surface area contributed by atoms with Crippen LogP contribution < -0.4 is 0 Å². The molecule has 2 aromatic heterocycles. The zero-order valence-corrected chi connectivity index (χ0v) is 22.2. The molecule has 0 amide bonds. The number of hydrogen-bond donors (Lipinski definition) is 1. The van der Waals surface area contributed by atoms with Crippen LogP contribution in [-0.4, -0.2) is 43.3 Å². The van der Waals surface area contributed by atoms with Gasteiger partial charge in [-0.25, -0.2) is 9.97 Å². The van der Waals surface area contributed by atoms with Crippen molar-refractivity contribution < 1.29 is 14.6 Å². The minimum Gasteiger partial charge on any atom is -0.463 e. The number of aromatic nitrogens is 4. The molecule has 0 radical (unpaired) electrons. The Balaban J connectivity index is 1.40. The van der Waals surface area contributed by atoms with Crippen molar-refractivity contribution in [2.45, 2.75) is 116 Å². The number of aliphatic hydroxyl groups excluding tert-OH is 1. The number of esters is 1. The maximum Gasteiger partial charge on any atom is 0.305 e. The summed E-state index contributed by atoms with van der Waals surface area (Å²) in [6, 6.07) is 0. The third-order valence-corrected chi connectivity index (χ3v) is 6.40. The van der Waals surface area contributed by atoms with Crippen LogP contribution in [-0.2, 0) is 16.1 Å². The van der Waals surface area contributed by atoms with E-state index in [0.717, 1.165) is 37.1 Å². The number of fused-ring (bicyclic) bond motifs is 1. The molecule has 0 saturated carbocycles. The van der Waals surface area contributed by atoms with Crippen LogP contribution in [0.2, 0.25) is 10.4 Å². The van der Waals surface area contributed by atoms with E-state index < -0.39 is 6.10 Å². The van der Waals surface area contributed by atoms with Gasteiger partial charge in [-0.05, 0) is 38.3 Å². The maximum atomic E-state index is 11.5. The normalized spacial score (nSPS) is 12.4. The van der Waals surface area contributed by atoms with Crippen molar-refractivity contribution in [1.29, 1.82) is 0 Å². The summed E-state index contributed by atoms with van der Waals surface area (Å²) in [4.78, 5) is 24.1. The first-order chi connectivity index (χ1) is 16.4. The first-order valence-corrected chi connectivity index (χ1v) is 13.5. The fraction of sp³-hybridized carbons (Fsp3) is 0.760. The van der Waals surface area contributed by atoms with Crippen molar-refractivity contribution in [3.8, 4) is 0 Å². The predicted octanol–water partition coefficient (Wildman–Crippen LogP) is 6.83. The highest BCUT2D eigenvalue weighted by Crippen LogP contribution is 2.24. The molecule has 0 aliphatic rings. The molecule has 34 heavy (non-hydrogen) atoms. The number of carbonyl (C=O) groups excluding carboxylic acids is 1. The van der Waals surface area contributed by atoms with Gasteiger partial charge in [0.25, 0.3) is 0 Å². The highest BCUT2D eigenvalue weighted by atomic mass is 35.5. The molecule has 2 aromatic rings. The van der Waals surface area contributed by atoms with Gasteiger partial charge in [0, 0.05) is 13.0 Å². The summed E-state index contributed by atoms with van der Waals surface area (Å²) in [6.45, 7) is 4.55. The lowest BCUT2D eigenvalue weighted by atomic mass is 10.0. The molecule has 0 aliphatic heterocycles. The number of aliphatic hydroxyl groups is 1. The van der Waals surface area contributed by atoms with E-state index in [1.54, 1.807) is 6.92 Å². The van der Waals surface area contributed by atoms with Gasteiger partial charge >= 0.3 is 5.97 Å². The number of unbranched alkanes of at least 4 members (excludes halogenated alkanes) is 12. The Morgan fingerprint density at radius 1 is 0.882 bits per heavy atom. The molecule has 1 N–H and O–H groups in total. The van der Waals surface area contributed by atoms with Crippen LogP contribution in [0.25, 0.3) is 11.2 Å². The molecular formula is C25H40Cl2N4O3. The molecule has 1 atom stereocenters. The van der Waals surface area contributed by atoms with Crippen LogP contribution in [0.1, 0.15) is 103 Å². The third kappa shape index (κ3) is 10.9. The summed E-state index contributed by atoms with van der Waals surface area (Å²) in [5.41, 5.74) is 1.34. The third-order valence-electron chi connectivity index (χ3n) is 5.97. The van der Waals surface area contributed by atoms with Gasteiger partial charge in [-0.2, -0.15) is 4.98 Å². The summed E-state index contributed by atoms with van der Waals surface area (Å²) >= 11 is 12.1. The molecule has 0 fully saturated rings. The van der Waals surface area contributed by atoms with E-state index in [0.29, 0.717) is 17.2 Å². The highest BCUT2D eigenvalue weighted by molar-refractivity contribution is 6.35. The zero-order chi connectivity index (χ0) is 24.8. The monoisotopic (exact) mass is 514 g/mol. The Hall–Kier alpha value is -1.44. The number of imidazole rings is 1. The molecular weight excluding hydrogens is 475 g/mol. The molecule has 0 aliphatic carbocycles. The Labute approximate surface area is 213 Å². The van der Waals surface area contributed by atoms with Gasteiger partial charge < -0.3 is 14.4 Å². The molecule has 1 unspecified atom stereocenters. The summed E-state index contributed by atoms with van der Waals surface area (Å²) in [7, 11) is 0. The van der Waals surface area contributed by atoms with Crippen LogP contribution in [0.4, 0.5) is 0 Å². The van der Waals surface area contributed by atoms with Crippen LogP contribution in [0.15, 0.2) is 0 Å². The van der Waals surface area contributed by atoms with Gasteiger partial charge in [0.05, 0.1) is 6.10 Å². The van der Waals surface area contributed by atoms with Crippen LogP contribution >= 0.6 is 23.2 Å². The lowest BCUT2D eigenvalue weighted by Crippen LogP contribution is -2.14. The average Bonchev–Trinajstić information content (AvgIpc) is 3.09. The molecule has 7 nitrogen and oxygen atoms in total. The van der Waals surface area contributed by atoms with Crippen molar-refractivity contribution in [2.75, 3.05) is 6.61 Å². The fourth-order valence-corrected chi connectivity index (χ4v) is 4.59. The second-order valence-electron chi connectivity index (χ2n) is 9.14. The Kier molecular flexibility index (Phi) is 13.8. The largest absolute Gasteiger partial charge is 0.463 e. The van der Waals surface area contributed by atoms with E-state index >= 15 is 0 Å². The number of rotatable bonds is 18. The molecule has 0 aromatic carbocycles. The number of aryl methyl sites for hydroxylation is 2. The number of carbonyl (C=O) groups is 1. The van der Waals surface area contributed by atoms with E-state index in [9.17, 15) is 4.79 Å². The van der Waals surface area contributed by atoms with Crippen LogP contribution in [0.3, 0.4) is 0 Å². The van der Waals surface area contributed by atoms with Gasteiger partial charge in [-0.15, -0.1) is 0 Å². The second kappa shape index (κ2) is 16.3. The van der Waals surface area contributed by atoms with E-state index in [2.05, 4.69) is 19.5 Å². The minimum atomic E-state index is -0.584. The van der Waals surface area contributed by atoms with E-state index in [-0.39, 0.29) is 17.9 Å². The minimum absolute atomic E-state index is 0.0999. The first kappa shape index (κ1) is 28.8.